The van der Waals surface area contributed by atoms with Gasteiger partial charge in [-0.25, -0.2) is 0 Å². The molecule has 3 unspecified atom stereocenters. The third-order valence-electron chi connectivity index (χ3n) is 5.19. The summed E-state index contributed by atoms with van der Waals surface area (Å²) in [5.74, 6) is 1.38. The van der Waals surface area contributed by atoms with Gasteiger partial charge >= 0.3 is 0 Å². The van der Waals surface area contributed by atoms with E-state index < -0.39 is 0 Å². The highest BCUT2D eigenvalue weighted by molar-refractivity contribution is 6.30. The second kappa shape index (κ2) is 5.55. The maximum atomic E-state index is 6.56. The largest absolute Gasteiger partial charge is 0.496 e. The number of piperidine rings is 1. The van der Waals surface area contributed by atoms with E-state index in [0.717, 1.165) is 16.3 Å². The van der Waals surface area contributed by atoms with Gasteiger partial charge in [0.25, 0.3) is 0 Å². The molecule has 110 valence electrons. The number of benzene rings is 1. The molecule has 0 spiro atoms. The van der Waals surface area contributed by atoms with Crippen molar-refractivity contribution < 1.29 is 4.74 Å². The van der Waals surface area contributed by atoms with Crippen LogP contribution in [0.3, 0.4) is 0 Å². The first-order valence-corrected chi connectivity index (χ1v) is 7.79. The Balaban J connectivity index is 1.83. The van der Waals surface area contributed by atoms with Crippen LogP contribution < -0.4 is 10.5 Å². The maximum Gasteiger partial charge on any atom is 0.123 e. The van der Waals surface area contributed by atoms with Gasteiger partial charge in [-0.15, -0.1) is 0 Å². The molecule has 4 heteroatoms. The lowest BCUT2D eigenvalue weighted by Crippen LogP contribution is -2.42. The molecule has 3 atom stereocenters. The Kier molecular flexibility index (Phi) is 3.93. The Morgan fingerprint density at radius 3 is 2.55 bits per heavy atom. The molecule has 3 nitrogen and oxygen atoms in total. The normalized spacial score (nSPS) is 31.3. The molecule has 2 N–H and O–H groups in total. The zero-order chi connectivity index (χ0) is 14.3. The van der Waals surface area contributed by atoms with Gasteiger partial charge in [-0.05, 0) is 56.8 Å². The Bertz CT molecular complexity index is 479. The number of fused-ring (bicyclic) bond motifs is 2. The van der Waals surface area contributed by atoms with Crippen molar-refractivity contribution in [1.29, 1.82) is 0 Å². The van der Waals surface area contributed by atoms with E-state index in [9.17, 15) is 0 Å². The van der Waals surface area contributed by atoms with Gasteiger partial charge in [-0.1, -0.05) is 11.6 Å². The van der Waals surface area contributed by atoms with Crippen molar-refractivity contribution in [2.75, 3.05) is 14.2 Å². The van der Waals surface area contributed by atoms with Crippen molar-refractivity contribution in [3.8, 4) is 5.75 Å². The van der Waals surface area contributed by atoms with Crippen molar-refractivity contribution in [1.82, 2.24) is 4.90 Å². The van der Waals surface area contributed by atoms with Crippen LogP contribution in [0.1, 0.15) is 37.3 Å². The second-order valence-electron chi connectivity index (χ2n) is 6.19. The van der Waals surface area contributed by atoms with Crippen LogP contribution in [-0.4, -0.2) is 31.1 Å². The van der Waals surface area contributed by atoms with Gasteiger partial charge in [0.05, 0.1) is 7.11 Å². The molecule has 1 aromatic rings. The number of hydrogen-bond donors (Lipinski definition) is 1. The molecule has 0 amide bonds. The topological polar surface area (TPSA) is 38.5 Å². The number of rotatable bonds is 3. The molecule has 2 fully saturated rings. The van der Waals surface area contributed by atoms with Crippen molar-refractivity contribution in [2.45, 2.75) is 43.8 Å². The Morgan fingerprint density at radius 2 is 1.95 bits per heavy atom. The number of hydrogen-bond acceptors (Lipinski definition) is 3. The Morgan fingerprint density at radius 1 is 1.30 bits per heavy atom. The van der Waals surface area contributed by atoms with Gasteiger partial charge in [0.1, 0.15) is 5.75 Å². The minimum absolute atomic E-state index is 0.0143. The summed E-state index contributed by atoms with van der Waals surface area (Å²) in [6.45, 7) is 0. The van der Waals surface area contributed by atoms with Crippen molar-refractivity contribution in [3.63, 3.8) is 0 Å². The fraction of sp³-hybridized carbons (Fsp3) is 0.625. The summed E-state index contributed by atoms with van der Waals surface area (Å²) >= 11 is 6.13. The molecule has 2 aliphatic rings. The smallest absolute Gasteiger partial charge is 0.123 e. The van der Waals surface area contributed by atoms with Crippen molar-refractivity contribution >= 4 is 11.6 Å². The summed E-state index contributed by atoms with van der Waals surface area (Å²) in [7, 11) is 3.95. The predicted molar refractivity (Wildman–Crippen MR) is 82.2 cm³/mol. The van der Waals surface area contributed by atoms with E-state index in [2.05, 4.69) is 11.9 Å². The molecule has 2 bridgehead atoms. The van der Waals surface area contributed by atoms with Crippen molar-refractivity contribution in [3.05, 3.63) is 28.8 Å². The van der Waals surface area contributed by atoms with Crippen molar-refractivity contribution in [2.24, 2.45) is 11.7 Å². The zero-order valence-electron chi connectivity index (χ0n) is 12.2. The van der Waals surface area contributed by atoms with E-state index in [1.54, 1.807) is 7.11 Å². The summed E-state index contributed by atoms with van der Waals surface area (Å²) in [5, 5.41) is 0.729. The standard InChI is InChI=1S/C16H23ClN2O/c1-19-12-4-5-13(19)8-10(7-12)16(18)14-9-11(17)3-6-15(14)20-2/h3,6,9-10,12-13,16H,4-5,7-8,18H2,1-2H3. The summed E-state index contributed by atoms with van der Waals surface area (Å²) in [4.78, 5) is 2.54. The lowest BCUT2D eigenvalue weighted by atomic mass is 9.82. The van der Waals surface area contributed by atoms with Gasteiger partial charge in [-0.2, -0.15) is 0 Å². The highest BCUT2D eigenvalue weighted by atomic mass is 35.5. The third-order valence-corrected chi connectivity index (χ3v) is 5.43. The predicted octanol–water partition coefficient (Wildman–Crippen LogP) is 3.22. The first kappa shape index (κ1) is 14.2. The van der Waals surface area contributed by atoms with Crippen LogP contribution in [0, 0.1) is 5.92 Å². The van der Waals surface area contributed by atoms with Crippen LogP contribution in [0.25, 0.3) is 0 Å². The SMILES string of the molecule is COc1ccc(Cl)cc1C(N)C1CC2CCC(C1)N2C. The van der Waals surface area contributed by atoms with E-state index in [1.165, 1.54) is 25.7 Å². The molecule has 0 aromatic heterocycles. The number of nitrogens with two attached hydrogens (primary N) is 1. The molecule has 2 aliphatic heterocycles. The Labute approximate surface area is 126 Å². The highest BCUT2D eigenvalue weighted by Gasteiger charge is 2.40. The average molecular weight is 295 g/mol. The number of methoxy groups -OCH3 is 1. The number of ether oxygens (including phenoxy) is 1. The fourth-order valence-electron chi connectivity index (χ4n) is 3.97. The third kappa shape index (κ3) is 2.43. The summed E-state index contributed by atoms with van der Waals surface area (Å²) in [5.41, 5.74) is 7.61. The first-order chi connectivity index (χ1) is 9.60. The number of nitrogens with zero attached hydrogens (tertiary/aromatic N) is 1. The Hall–Kier alpha value is -0.770. The zero-order valence-corrected chi connectivity index (χ0v) is 12.9. The summed E-state index contributed by atoms with van der Waals surface area (Å²) < 4.78 is 5.45. The minimum atomic E-state index is 0.0143. The molecule has 2 saturated heterocycles. The molecule has 0 aliphatic carbocycles. The molecular weight excluding hydrogens is 272 g/mol. The van der Waals surface area contributed by atoms with Gasteiger partial charge in [0.2, 0.25) is 0 Å². The molecular formula is C16H23ClN2O. The van der Waals surface area contributed by atoms with Gasteiger partial charge in [0.15, 0.2) is 0 Å². The van der Waals surface area contributed by atoms with Crippen LogP contribution in [0.2, 0.25) is 5.02 Å². The first-order valence-electron chi connectivity index (χ1n) is 7.41. The average Bonchev–Trinajstić information content (AvgIpc) is 2.68. The van der Waals surface area contributed by atoms with Crippen LogP contribution >= 0.6 is 11.6 Å². The molecule has 1 aromatic carbocycles. The lowest BCUT2D eigenvalue weighted by molar-refractivity contribution is 0.120. The van der Waals surface area contributed by atoms with Crippen LogP contribution in [0.4, 0.5) is 0 Å². The lowest BCUT2D eigenvalue weighted by Gasteiger charge is -2.39. The highest BCUT2D eigenvalue weighted by Crippen LogP contribution is 2.43. The van der Waals surface area contributed by atoms with Crippen LogP contribution in [0.5, 0.6) is 5.75 Å². The molecule has 20 heavy (non-hydrogen) atoms. The number of halogens is 1. The maximum absolute atomic E-state index is 6.56. The van der Waals surface area contributed by atoms with E-state index in [0.29, 0.717) is 18.0 Å². The molecule has 0 radical (unpaired) electrons. The van der Waals surface area contributed by atoms with E-state index >= 15 is 0 Å². The monoisotopic (exact) mass is 294 g/mol. The molecule has 2 heterocycles. The van der Waals surface area contributed by atoms with E-state index in [-0.39, 0.29) is 6.04 Å². The summed E-state index contributed by atoms with van der Waals surface area (Å²) in [6.07, 6.45) is 5.00. The molecule has 0 saturated carbocycles. The van der Waals surface area contributed by atoms with E-state index in [4.69, 9.17) is 22.1 Å². The van der Waals surface area contributed by atoms with Crippen LogP contribution in [-0.2, 0) is 0 Å². The van der Waals surface area contributed by atoms with Gasteiger partial charge < -0.3 is 15.4 Å². The fourth-order valence-corrected chi connectivity index (χ4v) is 4.15. The van der Waals surface area contributed by atoms with Gasteiger partial charge in [-0.3, -0.25) is 0 Å². The molecule has 3 rings (SSSR count). The van der Waals surface area contributed by atoms with Crippen LogP contribution in [0.15, 0.2) is 18.2 Å². The second-order valence-corrected chi connectivity index (χ2v) is 6.63. The summed E-state index contributed by atoms with van der Waals surface area (Å²) in [6, 6.07) is 7.16. The quantitative estimate of drug-likeness (QED) is 0.930. The van der Waals surface area contributed by atoms with E-state index in [1.807, 2.05) is 18.2 Å². The van der Waals surface area contributed by atoms with Gasteiger partial charge in [0, 0.05) is 28.7 Å². The minimum Gasteiger partial charge on any atom is -0.496 e.